The molecule has 1 aromatic carbocycles. The van der Waals surface area contributed by atoms with E-state index in [-0.39, 0.29) is 11.9 Å². The van der Waals surface area contributed by atoms with Crippen molar-refractivity contribution in [2.24, 2.45) is 0 Å². The van der Waals surface area contributed by atoms with Gasteiger partial charge in [-0.25, -0.2) is 0 Å². The van der Waals surface area contributed by atoms with E-state index in [1.807, 2.05) is 19.9 Å². The Balaban J connectivity index is 2.40. The molecular formula is C12H17BrN2O2. The van der Waals surface area contributed by atoms with E-state index in [9.17, 15) is 4.79 Å². The van der Waals surface area contributed by atoms with Crippen LogP contribution in [0.2, 0.25) is 0 Å². The van der Waals surface area contributed by atoms with E-state index in [1.54, 1.807) is 12.1 Å². The van der Waals surface area contributed by atoms with E-state index in [1.165, 1.54) is 0 Å². The normalized spacial score (nSPS) is 10.4. The molecular weight excluding hydrogens is 284 g/mol. The zero-order valence-electron chi connectivity index (χ0n) is 10.00. The fraction of sp³-hybridized carbons (Fsp3) is 0.417. The van der Waals surface area contributed by atoms with Crippen LogP contribution in [0.25, 0.3) is 0 Å². The highest BCUT2D eigenvalue weighted by Crippen LogP contribution is 2.26. The number of nitrogens with one attached hydrogen (secondary N) is 1. The zero-order chi connectivity index (χ0) is 12.8. The Morgan fingerprint density at radius 2 is 2.24 bits per heavy atom. The van der Waals surface area contributed by atoms with E-state index in [0.29, 0.717) is 24.5 Å². The lowest BCUT2D eigenvalue weighted by Crippen LogP contribution is -2.31. The van der Waals surface area contributed by atoms with Crippen LogP contribution in [0.1, 0.15) is 20.3 Å². The van der Waals surface area contributed by atoms with Gasteiger partial charge in [0.1, 0.15) is 5.75 Å². The lowest BCUT2D eigenvalue weighted by molar-refractivity contribution is -0.122. The number of benzene rings is 1. The highest BCUT2D eigenvalue weighted by molar-refractivity contribution is 9.10. The molecule has 17 heavy (non-hydrogen) atoms. The van der Waals surface area contributed by atoms with Crippen molar-refractivity contribution >= 4 is 27.5 Å². The Bertz CT molecular complexity index is 394. The minimum absolute atomic E-state index is 0.0139. The maximum atomic E-state index is 11.4. The van der Waals surface area contributed by atoms with Crippen molar-refractivity contribution in [2.45, 2.75) is 26.3 Å². The van der Waals surface area contributed by atoms with Crippen molar-refractivity contribution < 1.29 is 9.53 Å². The Morgan fingerprint density at radius 3 is 2.88 bits per heavy atom. The molecule has 0 aliphatic rings. The molecule has 0 saturated carbocycles. The Morgan fingerprint density at radius 1 is 1.53 bits per heavy atom. The summed E-state index contributed by atoms with van der Waals surface area (Å²) in [7, 11) is 0. The van der Waals surface area contributed by atoms with Crippen LogP contribution in [0.4, 0.5) is 5.69 Å². The van der Waals surface area contributed by atoms with Crippen LogP contribution in [-0.2, 0) is 4.79 Å². The third-order valence-electron chi connectivity index (χ3n) is 1.99. The van der Waals surface area contributed by atoms with Gasteiger partial charge in [0, 0.05) is 17.8 Å². The van der Waals surface area contributed by atoms with Gasteiger partial charge in [-0.2, -0.15) is 0 Å². The van der Waals surface area contributed by atoms with Gasteiger partial charge in [-0.3, -0.25) is 4.79 Å². The third-order valence-corrected chi connectivity index (χ3v) is 2.65. The number of amides is 1. The smallest absolute Gasteiger partial charge is 0.223 e. The molecule has 1 rings (SSSR count). The van der Waals surface area contributed by atoms with Gasteiger partial charge in [0.2, 0.25) is 5.91 Å². The van der Waals surface area contributed by atoms with Gasteiger partial charge in [0.25, 0.3) is 0 Å². The summed E-state index contributed by atoms with van der Waals surface area (Å²) >= 11 is 3.36. The number of anilines is 1. The molecule has 0 aliphatic heterocycles. The monoisotopic (exact) mass is 300 g/mol. The summed E-state index contributed by atoms with van der Waals surface area (Å²) in [4.78, 5) is 11.4. The summed E-state index contributed by atoms with van der Waals surface area (Å²) in [6.45, 7) is 4.18. The Hall–Kier alpha value is -1.23. The van der Waals surface area contributed by atoms with Crippen LogP contribution in [0.3, 0.4) is 0 Å². The summed E-state index contributed by atoms with van der Waals surface area (Å²) in [5, 5.41) is 2.80. The quantitative estimate of drug-likeness (QED) is 0.820. The van der Waals surface area contributed by atoms with Crippen LogP contribution in [-0.4, -0.2) is 18.6 Å². The molecule has 0 fully saturated rings. The predicted octanol–water partition coefficient (Wildman–Crippen LogP) is 2.32. The van der Waals surface area contributed by atoms with Crippen LogP contribution < -0.4 is 15.8 Å². The minimum Gasteiger partial charge on any atom is -0.492 e. The number of carbonyl (C=O) groups excluding carboxylic acids is 1. The second-order valence-electron chi connectivity index (χ2n) is 4.01. The molecule has 0 atom stereocenters. The van der Waals surface area contributed by atoms with Crippen molar-refractivity contribution in [2.75, 3.05) is 12.3 Å². The van der Waals surface area contributed by atoms with E-state index >= 15 is 0 Å². The zero-order valence-corrected chi connectivity index (χ0v) is 11.6. The average molecular weight is 301 g/mol. The van der Waals surface area contributed by atoms with Gasteiger partial charge >= 0.3 is 0 Å². The Labute approximate surface area is 110 Å². The number of hydrogen-bond acceptors (Lipinski definition) is 3. The van der Waals surface area contributed by atoms with E-state index in [2.05, 4.69) is 21.2 Å². The van der Waals surface area contributed by atoms with E-state index < -0.39 is 0 Å². The minimum atomic E-state index is -0.0139. The van der Waals surface area contributed by atoms with Crippen molar-refractivity contribution in [3.8, 4) is 5.75 Å². The van der Waals surface area contributed by atoms with Crippen molar-refractivity contribution in [1.29, 1.82) is 0 Å². The summed E-state index contributed by atoms with van der Waals surface area (Å²) in [5.41, 5.74) is 6.28. The van der Waals surface area contributed by atoms with E-state index in [0.717, 1.165) is 4.47 Å². The molecule has 0 aliphatic carbocycles. The highest BCUT2D eigenvalue weighted by atomic mass is 79.9. The summed E-state index contributed by atoms with van der Waals surface area (Å²) in [5.74, 6) is 0.641. The molecule has 1 amide bonds. The molecule has 94 valence electrons. The lowest BCUT2D eigenvalue weighted by Gasteiger charge is -2.10. The second-order valence-corrected chi connectivity index (χ2v) is 4.86. The highest BCUT2D eigenvalue weighted by Gasteiger charge is 2.05. The van der Waals surface area contributed by atoms with Gasteiger partial charge in [-0.05, 0) is 41.9 Å². The molecule has 1 aromatic rings. The largest absolute Gasteiger partial charge is 0.492 e. The SMILES string of the molecule is CC(C)NC(=O)CCOc1cc(N)ccc1Br. The number of nitrogen functional groups attached to an aromatic ring is 1. The van der Waals surface area contributed by atoms with Gasteiger partial charge < -0.3 is 15.8 Å². The molecule has 0 aromatic heterocycles. The maximum absolute atomic E-state index is 11.4. The number of rotatable bonds is 5. The van der Waals surface area contributed by atoms with Crippen LogP contribution in [0.5, 0.6) is 5.75 Å². The summed E-state index contributed by atoms with van der Waals surface area (Å²) < 4.78 is 6.31. The number of halogens is 1. The van der Waals surface area contributed by atoms with Crippen LogP contribution in [0.15, 0.2) is 22.7 Å². The average Bonchev–Trinajstić information content (AvgIpc) is 2.22. The molecule has 4 nitrogen and oxygen atoms in total. The standard InChI is InChI=1S/C12H17BrN2O2/c1-8(2)15-12(16)5-6-17-11-7-9(14)3-4-10(11)13/h3-4,7-8H,5-6,14H2,1-2H3,(H,15,16). The van der Waals surface area contributed by atoms with Gasteiger partial charge in [-0.15, -0.1) is 0 Å². The molecule has 0 radical (unpaired) electrons. The first-order chi connectivity index (χ1) is 7.99. The van der Waals surface area contributed by atoms with Crippen LogP contribution >= 0.6 is 15.9 Å². The van der Waals surface area contributed by atoms with Crippen LogP contribution in [0, 0.1) is 0 Å². The van der Waals surface area contributed by atoms with E-state index in [4.69, 9.17) is 10.5 Å². The van der Waals surface area contributed by atoms with Crippen molar-refractivity contribution in [3.05, 3.63) is 22.7 Å². The molecule has 0 saturated heterocycles. The molecule has 0 bridgehead atoms. The van der Waals surface area contributed by atoms with Gasteiger partial charge in [0.15, 0.2) is 0 Å². The predicted molar refractivity (Wildman–Crippen MR) is 71.9 cm³/mol. The summed E-state index contributed by atoms with van der Waals surface area (Å²) in [6.07, 6.45) is 0.333. The maximum Gasteiger partial charge on any atom is 0.223 e. The van der Waals surface area contributed by atoms with Crippen molar-refractivity contribution in [3.63, 3.8) is 0 Å². The number of nitrogens with two attached hydrogens (primary N) is 1. The van der Waals surface area contributed by atoms with Gasteiger partial charge in [-0.1, -0.05) is 0 Å². The number of ether oxygens (including phenoxy) is 1. The topological polar surface area (TPSA) is 64.3 Å². The molecule has 0 unspecified atom stereocenters. The third kappa shape index (κ3) is 5.08. The first kappa shape index (κ1) is 13.8. The first-order valence-electron chi connectivity index (χ1n) is 5.46. The Kier molecular flexibility index (Phi) is 5.28. The van der Waals surface area contributed by atoms with Gasteiger partial charge in [0.05, 0.1) is 17.5 Å². The summed E-state index contributed by atoms with van der Waals surface area (Å²) in [6, 6.07) is 5.48. The molecule has 5 heteroatoms. The molecule has 0 heterocycles. The van der Waals surface area contributed by atoms with Crippen molar-refractivity contribution in [1.82, 2.24) is 5.32 Å². The number of carbonyl (C=O) groups is 1. The molecule has 0 spiro atoms. The fourth-order valence-electron chi connectivity index (χ4n) is 1.28. The molecule has 3 N–H and O–H groups in total. The number of hydrogen-bond donors (Lipinski definition) is 2. The first-order valence-corrected chi connectivity index (χ1v) is 6.25. The fourth-order valence-corrected chi connectivity index (χ4v) is 1.64. The second kappa shape index (κ2) is 6.49. The lowest BCUT2D eigenvalue weighted by atomic mass is 10.3.